The fourth-order valence-corrected chi connectivity index (χ4v) is 4.12. The summed E-state index contributed by atoms with van der Waals surface area (Å²) in [6.45, 7) is 0. The number of rotatable bonds is 1. The van der Waals surface area contributed by atoms with E-state index in [0.717, 1.165) is 5.69 Å². The van der Waals surface area contributed by atoms with Crippen LogP contribution < -0.4 is 4.57 Å². The first kappa shape index (κ1) is 13.0. The second kappa shape index (κ2) is 4.39. The minimum Gasteiger partial charge on any atom is -0.326 e. The molecule has 0 radical (unpaired) electrons. The Hall–Kier alpha value is -3.33. The van der Waals surface area contributed by atoms with Crippen LogP contribution in [-0.2, 0) is 7.05 Å². The third-order valence-corrected chi connectivity index (χ3v) is 5.19. The largest absolute Gasteiger partial charge is 0.326 e. The van der Waals surface area contributed by atoms with Crippen molar-refractivity contribution in [2.75, 3.05) is 0 Å². The molecule has 3 heterocycles. The monoisotopic (exact) mass is 321 g/mol. The van der Waals surface area contributed by atoms with Crippen LogP contribution in [-0.4, -0.2) is 8.97 Å². The summed E-state index contributed by atoms with van der Waals surface area (Å²) in [5.74, 6) is 0. The van der Waals surface area contributed by atoms with Gasteiger partial charge in [0.05, 0.1) is 29.3 Å². The predicted molar refractivity (Wildman–Crippen MR) is 100 cm³/mol. The molecular formula is C22H15N3. The molecule has 3 aromatic carbocycles. The number of fused-ring (bicyclic) bond motifs is 6. The Morgan fingerprint density at radius 3 is 2.40 bits per heavy atom. The Balaban J connectivity index is 1.81. The highest BCUT2D eigenvalue weighted by Gasteiger charge is 2.16. The number of para-hydroxylation sites is 2. The van der Waals surface area contributed by atoms with Crippen LogP contribution in [0.25, 0.3) is 43.8 Å². The van der Waals surface area contributed by atoms with Crippen molar-refractivity contribution in [2.24, 2.45) is 7.05 Å². The smallest absolute Gasteiger partial charge is 0.243 e. The molecule has 0 saturated carbocycles. The number of hydrogen-bond donors (Lipinski definition) is 0. The lowest BCUT2D eigenvalue weighted by molar-refractivity contribution is -0.674. The highest BCUT2D eigenvalue weighted by Crippen LogP contribution is 2.39. The molecule has 6 rings (SSSR count). The summed E-state index contributed by atoms with van der Waals surface area (Å²) in [6, 6.07) is 21.9. The van der Waals surface area contributed by atoms with Crippen LogP contribution in [0.4, 0.5) is 0 Å². The van der Waals surface area contributed by atoms with Gasteiger partial charge in [0, 0.05) is 33.9 Å². The Labute approximate surface area is 144 Å². The van der Waals surface area contributed by atoms with Gasteiger partial charge in [0.2, 0.25) is 6.33 Å². The number of benzene rings is 3. The fourth-order valence-electron chi connectivity index (χ4n) is 4.12. The molecule has 0 fully saturated rings. The maximum absolute atomic E-state index is 3.28. The van der Waals surface area contributed by atoms with Crippen molar-refractivity contribution in [2.45, 2.75) is 0 Å². The van der Waals surface area contributed by atoms with Gasteiger partial charge in [-0.15, -0.1) is 0 Å². The summed E-state index contributed by atoms with van der Waals surface area (Å²) in [5, 5.41) is 5.24. The molecular weight excluding hydrogens is 306 g/mol. The van der Waals surface area contributed by atoms with E-state index in [1.807, 2.05) is 28.6 Å². The maximum Gasteiger partial charge on any atom is 0.243 e. The summed E-state index contributed by atoms with van der Waals surface area (Å²) >= 11 is 0. The van der Waals surface area contributed by atoms with Crippen molar-refractivity contribution in [3.63, 3.8) is 0 Å². The van der Waals surface area contributed by atoms with Crippen molar-refractivity contribution in [3.05, 3.63) is 79.4 Å². The number of nitrogens with zero attached hydrogens (tertiary/aromatic N) is 3. The summed E-state index contributed by atoms with van der Waals surface area (Å²) < 4.78 is 6.37. The van der Waals surface area contributed by atoms with Crippen molar-refractivity contribution in [1.29, 1.82) is 0 Å². The van der Waals surface area contributed by atoms with Gasteiger partial charge >= 0.3 is 0 Å². The van der Waals surface area contributed by atoms with E-state index in [1.54, 1.807) is 0 Å². The summed E-state index contributed by atoms with van der Waals surface area (Å²) in [6.07, 6.45) is 7.32. The van der Waals surface area contributed by atoms with Gasteiger partial charge < -0.3 is 13.5 Å². The molecule has 3 nitrogen and oxygen atoms in total. The van der Waals surface area contributed by atoms with Crippen molar-refractivity contribution in [3.8, 4) is 5.69 Å². The number of aryl methyl sites for hydroxylation is 1. The molecule has 0 aliphatic heterocycles. The molecule has 0 N–H and O–H groups in total. The van der Waals surface area contributed by atoms with Crippen LogP contribution in [0, 0.1) is 6.33 Å². The van der Waals surface area contributed by atoms with Crippen LogP contribution in [0.2, 0.25) is 0 Å². The van der Waals surface area contributed by atoms with Gasteiger partial charge in [-0.25, -0.2) is 0 Å². The van der Waals surface area contributed by atoms with Crippen molar-refractivity contribution in [1.82, 2.24) is 8.97 Å². The van der Waals surface area contributed by atoms with Gasteiger partial charge in [-0.2, -0.15) is 0 Å². The molecule has 6 aromatic rings. The van der Waals surface area contributed by atoms with E-state index >= 15 is 0 Å². The van der Waals surface area contributed by atoms with E-state index in [0.29, 0.717) is 0 Å². The Kier molecular flexibility index (Phi) is 2.29. The summed E-state index contributed by atoms with van der Waals surface area (Å²) in [4.78, 5) is 0. The topological polar surface area (TPSA) is 13.2 Å². The third kappa shape index (κ3) is 1.57. The van der Waals surface area contributed by atoms with Gasteiger partial charge in [-0.1, -0.05) is 42.5 Å². The average molecular weight is 321 g/mol. The van der Waals surface area contributed by atoms with Crippen molar-refractivity contribution >= 4 is 38.1 Å². The summed E-state index contributed by atoms with van der Waals surface area (Å²) in [5.41, 5.74) is 4.98. The summed E-state index contributed by atoms with van der Waals surface area (Å²) in [7, 11) is 1.99. The first-order valence-electron chi connectivity index (χ1n) is 8.45. The zero-order valence-electron chi connectivity index (χ0n) is 13.8. The van der Waals surface area contributed by atoms with E-state index in [4.69, 9.17) is 0 Å². The van der Waals surface area contributed by atoms with Crippen LogP contribution in [0.3, 0.4) is 0 Å². The lowest BCUT2D eigenvalue weighted by Gasteiger charge is -2.04. The first-order valence-corrected chi connectivity index (χ1v) is 8.45. The van der Waals surface area contributed by atoms with E-state index in [9.17, 15) is 0 Å². The normalized spacial score (nSPS) is 12.2. The quantitative estimate of drug-likeness (QED) is 0.317. The number of hydrogen-bond acceptors (Lipinski definition) is 0. The van der Waals surface area contributed by atoms with E-state index in [-0.39, 0.29) is 0 Å². The molecule has 0 spiro atoms. The fraction of sp³-hybridized carbons (Fsp3) is 0.0455. The maximum atomic E-state index is 3.28. The van der Waals surface area contributed by atoms with Gasteiger partial charge in [-0.05, 0) is 18.2 Å². The molecule has 0 aliphatic rings. The minimum atomic E-state index is 1.13. The zero-order valence-corrected chi connectivity index (χ0v) is 13.8. The molecule has 0 bridgehead atoms. The molecule has 118 valence electrons. The molecule has 0 saturated heterocycles. The SMILES string of the molecule is C[n+]1[c-]n(-c2ccc3c(c2)c2cccc4c5ccccc5n3c42)cc1. The Morgan fingerprint density at radius 2 is 1.56 bits per heavy atom. The van der Waals surface area contributed by atoms with E-state index in [1.165, 1.54) is 38.1 Å². The van der Waals surface area contributed by atoms with Gasteiger partial charge in [0.1, 0.15) is 0 Å². The Bertz CT molecular complexity index is 1400. The highest BCUT2D eigenvalue weighted by molar-refractivity contribution is 6.23. The average Bonchev–Trinajstić information content (AvgIpc) is 3.32. The van der Waals surface area contributed by atoms with E-state index < -0.39 is 0 Å². The van der Waals surface area contributed by atoms with Crippen LogP contribution >= 0.6 is 0 Å². The van der Waals surface area contributed by atoms with Crippen LogP contribution in [0.15, 0.2) is 73.1 Å². The molecule has 0 aliphatic carbocycles. The second-order valence-electron chi connectivity index (χ2n) is 6.63. The first-order chi connectivity index (χ1) is 12.3. The standard InChI is InChI=1S/C22H15N3/c1-23-11-12-24(14-23)15-9-10-21-19(13-15)18-7-4-6-17-16-5-2-3-8-20(16)25(21)22(17)18/h2-13H,1H3. The Morgan fingerprint density at radius 1 is 0.800 bits per heavy atom. The van der Waals surface area contributed by atoms with Gasteiger partial charge in [-0.3, -0.25) is 0 Å². The van der Waals surface area contributed by atoms with Crippen LogP contribution in [0.5, 0.6) is 0 Å². The molecule has 3 heteroatoms. The zero-order chi connectivity index (χ0) is 16.5. The third-order valence-electron chi connectivity index (χ3n) is 5.19. The van der Waals surface area contributed by atoms with Crippen LogP contribution in [0.1, 0.15) is 0 Å². The van der Waals surface area contributed by atoms with Gasteiger partial charge in [0.25, 0.3) is 0 Å². The second-order valence-corrected chi connectivity index (χ2v) is 6.63. The van der Waals surface area contributed by atoms with E-state index in [2.05, 4.69) is 71.4 Å². The lowest BCUT2D eigenvalue weighted by Crippen LogP contribution is -2.24. The van der Waals surface area contributed by atoms with Gasteiger partial charge in [0.15, 0.2) is 0 Å². The number of imidazole rings is 1. The van der Waals surface area contributed by atoms with Crippen molar-refractivity contribution < 1.29 is 4.57 Å². The molecule has 3 aromatic heterocycles. The molecule has 0 atom stereocenters. The molecule has 25 heavy (non-hydrogen) atoms. The number of aromatic nitrogens is 3. The molecule has 0 amide bonds. The highest BCUT2D eigenvalue weighted by atomic mass is 15.1. The predicted octanol–water partition coefficient (Wildman–Crippen LogP) is 4.25. The lowest BCUT2D eigenvalue weighted by atomic mass is 10.1. The molecule has 0 unspecified atom stereocenters. The minimum absolute atomic E-state index is 1.13.